The molecule has 1 aliphatic heterocycles. The molecule has 5 nitrogen and oxygen atoms in total. The van der Waals surface area contributed by atoms with Gasteiger partial charge in [0.1, 0.15) is 5.75 Å². The number of carboxylic acids is 1. The van der Waals surface area contributed by atoms with E-state index in [9.17, 15) is 14.7 Å². The van der Waals surface area contributed by atoms with Crippen LogP contribution in [0, 0.1) is 0 Å². The predicted octanol–water partition coefficient (Wildman–Crippen LogP) is 3.55. The fourth-order valence-corrected chi connectivity index (χ4v) is 3.29. The molecule has 0 amide bonds. The Balaban J connectivity index is 2.10. The fraction of sp³-hybridized carbons (Fsp3) is 0.300. The zero-order valence-electron chi connectivity index (χ0n) is 14.4. The molecule has 0 fully saturated rings. The van der Waals surface area contributed by atoms with Gasteiger partial charge in [-0.25, -0.2) is 4.79 Å². The van der Waals surface area contributed by atoms with Gasteiger partial charge in [-0.1, -0.05) is 25.5 Å². The van der Waals surface area contributed by atoms with Gasteiger partial charge < -0.3 is 14.4 Å². The first-order valence-corrected chi connectivity index (χ1v) is 8.42. The van der Waals surface area contributed by atoms with E-state index in [1.807, 2.05) is 16.7 Å². The molecule has 0 radical (unpaired) electrons. The number of benzene rings is 1. The van der Waals surface area contributed by atoms with Gasteiger partial charge in [-0.3, -0.25) is 4.79 Å². The van der Waals surface area contributed by atoms with E-state index in [0.29, 0.717) is 29.2 Å². The van der Waals surface area contributed by atoms with Crippen LogP contribution in [0.15, 0.2) is 36.4 Å². The van der Waals surface area contributed by atoms with E-state index in [1.165, 1.54) is 7.11 Å². The third-order valence-electron chi connectivity index (χ3n) is 4.53. The number of methoxy groups -OCH3 is 1. The summed E-state index contributed by atoms with van der Waals surface area (Å²) in [5, 5.41) is 9.39. The number of rotatable bonds is 7. The second-order valence-electron chi connectivity index (χ2n) is 6.07. The fourth-order valence-electron chi connectivity index (χ4n) is 3.29. The summed E-state index contributed by atoms with van der Waals surface area (Å²) in [5.41, 5.74) is 2.83. The zero-order chi connectivity index (χ0) is 18.0. The predicted molar refractivity (Wildman–Crippen MR) is 95.1 cm³/mol. The Hall–Kier alpha value is -2.82. The Morgan fingerprint density at radius 2 is 2.04 bits per heavy atom. The Morgan fingerprint density at radius 1 is 1.28 bits per heavy atom. The molecular weight excluding hydrogens is 318 g/mol. The number of para-hydroxylation sites is 1. The van der Waals surface area contributed by atoms with Crippen molar-refractivity contribution >= 4 is 17.3 Å². The van der Waals surface area contributed by atoms with Crippen LogP contribution < -0.4 is 4.74 Å². The van der Waals surface area contributed by atoms with Crippen molar-refractivity contribution in [2.75, 3.05) is 7.11 Å². The lowest BCUT2D eigenvalue weighted by Gasteiger charge is -2.11. The molecule has 1 aliphatic rings. The van der Waals surface area contributed by atoms with E-state index in [1.54, 1.807) is 24.3 Å². The summed E-state index contributed by atoms with van der Waals surface area (Å²) in [5.74, 6) is -0.571. The number of nitrogens with zero attached hydrogens (tertiary/aromatic N) is 1. The van der Waals surface area contributed by atoms with Crippen LogP contribution in [0.4, 0.5) is 0 Å². The monoisotopic (exact) mass is 339 g/mol. The summed E-state index contributed by atoms with van der Waals surface area (Å²) in [6, 6.07) is 8.97. The van der Waals surface area contributed by atoms with Gasteiger partial charge >= 0.3 is 5.97 Å². The number of allylic oxidation sites excluding steroid dienone is 1. The lowest BCUT2D eigenvalue weighted by Crippen LogP contribution is -2.13. The Morgan fingerprint density at radius 3 is 2.72 bits per heavy atom. The second-order valence-corrected chi connectivity index (χ2v) is 6.07. The minimum absolute atomic E-state index is 0.130. The third-order valence-corrected chi connectivity index (χ3v) is 4.53. The molecule has 0 atom stereocenters. The number of carboxylic acid groups (broad SMARTS) is 1. The van der Waals surface area contributed by atoms with Crippen molar-refractivity contribution in [1.82, 2.24) is 4.57 Å². The van der Waals surface area contributed by atoms with Crippen molar-refractivity contribution in [3.8, 4) is 5.75 Å². The van der Waals surface area contributed by atoms with Crippen LogP contribution in [0.3, 0.4) is 0 Å². The van der Waals surface area contributed by atoms with Crippen molar-refractivity contribution in [2.24, 2.45) is 0 Å². The molecule has 2 aromatic rings. The number of aromatic nitrogens is 1. The topological polar surface area (TPSA) is 68.5 Å². The SMILES string of the molecule is CCCCc1cc2n(c1C(=O)c1ccccc1OC)CC=C2C(=O)O. The minimum atomic E-state index is -0.963. The highest BCUT2D eigenvalue weighted by Crippen LogP contribution is 2.32. The molecule has 1 aromatic heterocycles. The molecule has 1 aromatic carbocycles. The first-order chi connectivity index (χ1) is 12.1. The molecule has 1 N–H and O–H groups in total. The normalized spacial score (nSPS) is 12.6. The first-order valence-electron chi connectivity index (χ1n) is 8.42. The van der Waals surface area contributed by atoms with Gasteiger partial charge in [0.25, 0.3) is 0 Å². The molecule has 0 saturated carbocycles. The van der Waals surface area contributed by atoms with Gasteiger partial charge in [0.2, 0.25) is 5.78 Å². The molecule has 5 heteroatoms. The number of ketones is 1. The van der Waals surface area contributed by atoms with Gasteiger partial charge in [-0.2, -0.15) is 0 Å². The number of hydrogen-bond acceptors (Lipinski definition) is 3. The molecule has 0 spiro atoms. The Bertz CT molecular complexity index is 861. The molecule has 0 unspecified atom stereocenters. The highest BCUT2D eigenvalue weighted by atomic mass is 16.5. The van der Waals surface area contributed by atoms with Crippen LogP contribution in [0.1, 0.15) is 47.1 Å². The van der Waals surface area contributed by atoms with E-state index < -0.39 is 5.97 Å². The van der Waals surface area contributed by atoms with Crippen LogP contribution in [-0.2, 0) is 17.8 Å². The first kappa shape index (κ1) is 17.0. The van der Waals surface area contributed by atoms with E-state index in [4.69, 9.17) is 4.74 Å². The van der Waals surface area contributed by atoms with Crippen molar-refractivity contribution in [3.05, 3.63) is 58.9 Å². The number of aliphatic carboxylic acids is 1. The molecule has 3 rings (SSSR count). The maximum atomic E-state index is 13.2. The Kier molecular flexibility index (Phi) is 4.74. The van der Waals surface area contributed by atoms with E-state index >= 15 is 0 Å². The lowest BCUT2D eigenvalue weighted by molar-refractivity contribution is -0.130. The average molecular weight is 339 g/mol. The third kappa shape index (κ3) is 2.97. The van der Waals surface area contributed by atoms with Crippen molar-refractivity contribution in [2.45, 2.75) is 32.7 Å². The molecule has 0 aliphatic carbocycles. The smallest absolute Gasteiger partial charge is 0.337 e. The van der Waals surface area contributed by atoms with E-state index in [0.717, 1.165) is 24.8 Å². The Labute approximate surface area is 146 Å². The second kappa shape index (κ2) is 6.97. The van der Waals surface area contributed by atoms with Crippen LogP contribution in [-0.4, -0.2) is 28.5 Å². The molecule has 0 saturated heterocycles. The quantitative estimate of drug-likeness (QED) is 0.783. The summed E-state index contributed by atoms with van der Waals surface area (Å²) < 4.78 is 7.14. The van der Waals surface area contributed by atoms with E-state index in [-0.39, 0.29) is 11.4 Å². The summed E-state index contributed by atoms with van der Waals surface area (Å²) in [6.07, 6.45) is 4.35. The van der Waals surface area contributed by atoms with Gasteiger partial charge in [-0.15, -0.1) is 0 Å². The van der Waals surface area contributed by atoms with Crippen molar-refractivity contribution in [3.63, 3.8) is 0 Å². The maximum Gasteiger partial charge on any atom is 0.337 e. The molecular formula is C20H21NO4. The number of aryl methyl sites for hydroxylation is 1. The van der Waals surface area contributed by atoms with Crippen LogP contribution in [0.5, 0.6) is 5.75 Å². The number of ether oxygens (including phenoxy) is 1. The summed E-state index contributed by atoms with van der Waals surface area (Å²) in [4.78, 5) is 24.7. The number of hydrogen-bond donors (Lipinski definition) is 1. The molecule has 0 bridgehead atoms. The highest BCUT2D eigenvalue weighted by Gasteiger charge is 2.29. The summed E-state index contributed by atoms with van der Waals surface area (Å²) >= 11 is 0. The highest BCUT2D eigenvalue weighted by molar-refractivity contribution is 6.17. The van der Waals surface area contributed by atoms with Gasteiger partial charge in [-0.05, 0) is 42.7 Å². The largest absolute Gasteiger partial charge is 0.496 e. The van der Waals surface area contributed by atoms with Crippen molar-refractivity contribution in [1.29, 1.82) is 0 Å². The maximum absolute atomic E-state index is 13.2. The van der Waals surface area contributed by atoms with Crippen molar-refractivity contribution < 1.29 is 19.4 Å². The van der Waals surface area contributed by atoms with E-state index in [2.05, 4.69) is 6.92 Å². The number of carbonyl (C=O) groups is 2. The summed E-state index contributed by atoms with van der Waals surface area (Å²) in [7, 11) is 1.54. The lowest BCUT2D eigenvalue weighted by atomic mass is 10.0. The average Bonchev–Trinajstić information content (AvgIpc) is 3.17. The van der Waals surface area contributed by atoms with Gasteiger partial charge in [0.15, 0.2) is 0 Å². The number of fused-ring (bicyclic) bond motifs is 1. The van der Waals surface area contributed by atoms with Gasteiger partial charge in [0, 0.05) is 6.54 Å². The molecule has 2 heterocycles. The van der Waals surface area contributed by atoms with Gasteiger partial charge in [0.05, 0.1) is 29.6 Å². The van der Waals surface area contributed by atoms with Crippen LogP contribution >= 0.6 is 0 Å². The molecule has 25 heavy (non-hydrogen) atoms. The molecule has 130 valence electrons. The van der Waals surface area contributed by atoms with Crippen LogP contribution in [0.2, 0.25) is 0 Å². The van der Waals surface area contributed by atoms with Crippen LogP contribution in [0.25, 0.3) is 5.57 Å². The number of carbonyl (C=O) groups excluding carboxylic acids is 1. The summed E-state index contributed by atoms with van der Waals surface area (Å²) in [6.45, 7) is 2.49. The number of unbranched alkanes of at least 4 members (excludes halogenated alkanes) is 1. The zero-order valence-corrected chi connectivity index (χ0v) is 14.4. The standard InChI is InChI=1S/C20H21NO4/c1-3-4-7-13-12-16-14(20(23)24)10-11-21(16)18(13)19(22)15-8-5-6-9-17(15)25-2/h5-6,8-10,12H,3-4,7,11H2,1-2H3,(H,23,24). The minimum Gasteiger partial charge on any atom is -0.496 e.